The van der Waals surface area contributed by atoms with Crippen molar-refractivity contribution >= 4 is 0 Å². The summed E-state index contributed by atoms with van der Waals surface area (Å²) < 4.78 is 11.6. The molecule has 20 heavy (non-hydrogen) atoms. The Morgan fingerprint density at radius 1 is 1.20 bits per heavy atom. The van der Waals surface area contributed by atoms with Crippen LogP contribution in [-0.2, 0) is 13.2 Å². The molecule has 0 fully saturated rings. The third kappa shape index (κ3) is 3.87. The van der Waals surface area contributed by atoms with E-state index in [0.29, 0.717) is 12.6 Å². The lowest BCUT2D eigenvalue weighted by Crippen LogP contribution is -2.21. The van der Waals surface area contributed by atoms with Crippen LogP contribution in [-0.4, -0.2) is 6.04 Å². The standard InChI is InChI=1S/C17H23NO2/c1-12(2)18-10-16-9-15(14(4)20-16)11-19-17-8-6-5-7-13(17)3/h5-9,12,18H,10-11H2,1-4H3. The summed E-state index contributed by atoms with van der Waals surface area (Å²) in [5, 5.41) is 3.35. The van der Waals surface area contributed by atoms with E-state index in [1.807, 2.05) is 25.1 Å². The maximum atomic E-state index is 5.86. The van der Waals surface area contributed by atoms with Gasteiger partial charge in [-0.15, -0.1) is 0 Å². The second-order valence-electron chi connectivity index (χ2n) is 5.38. The van der Waals surface area contributed by atoms with Crippen molar-refractivity contribution in [3.05, 3.63) is 53.0 Å². The van der Waals surface area contributed by atoms with Crippen LogP contribution in [0.2, 0.25) is 0 Å². The van der Waals surface area contributed by atoms with Crippen molar-refractivity contribution in [2.45, 2.75) is 46.9 Å². The Morgan fingerprint density at radius 2 is 1.95 bits per heavy atom. The van der Waals surface area contributed by atoms with Crippen LogP contribution in [0.15, 0.2) is 34.7 Å². The van der Waals surface area contributed by atoms with Crippen molar-refractivity contribution < 1.29 is 9.15 Å². The minimum Gasteiger partial charge on any atom is -0.489 e. The van der Waals surface area contributed by atoms with E-state index in [2.05, 4.69) is 38.2 Å². The zero-order valence-electron chi connectivity index (χ0n) is 12.7. The highest BCUT2D eigenvalue weighted by Gasteiger charge is 2.09. The van der Waals surface area contributed by atoms with Crippen molar-refractivity contribution in [1.29, 1.82) is 0 Å². The van der Waals surface area contributed by atoms with Crippen molar-refractivity contribution in [3.8, 4) is 5.75 Å². The predicted molar refractivity (Wildman–Crippen MR) is 80.9 cm³/mol. The molecule has 1 aromatic carbocycles. The van der Waals surface area contributed by atoms with Gasteiger partial charge in [-0.1, -0.05) is 32.0 Å². The molecule has 1 N–H and O–H groups in total. The molecule has 0 bridgehead atoms. The number of nitrogens with one attached hydrogen (secondary N) is 1. The fourth-order valence-corrected chi connectivity index (χ4v) is 2.00. The Morgan fingerprint density at radius 3 is 2.65 bits per heavy atom. The van der Waals surface area contributed by atoms with Gasteiger partial charge < -0.3 is 14.5 Å². The van der Waals surface area contributed by atoms with Gasteiger partial charge in [-0.3, -0.25) is 0 Å². The fraction of sp³-hybridized carbons (Fsp3) is 0.412. The molecule has 0 unspecified atom stereocenters. The number of furan rings is 1. The first-order valence-corrected chi connectivity index (χ1v) is 7.06. The third-order valence-electron chi connectivity index (χ3n) is 3.23. The molecule has 0 aliphatic carbocycles. The van der Waals surface area contributed by atoms with Gasteiger partial charge in [-0.2, -0.15) is 0 Å². The highest BCUT2D eigenvalue weighted by Crippen LogP contribution is 2.20. The van der Waals surface area contributed by atoms with Crippen LogP contribution in [0.1, 0.15) is 36.5 Å². The number of benzene rings is 1. The molecule has 3 nitrogen and oxygen atoms in total. The Hall–Kier alpha value is -1.74. The fourth-order valence-electron chi connectivity index (χ4n) is 2.00. The largest absolute Gasteiger partial charge is 0.489 e. The molecular formula is C17H23NO2. The van der Waals surface area contributed by atoms with Gasteiger partial charge in [0.15, 0.2) is 0 Å². The molecule has 1 heterocycles. The lowest BCUT2D eigenvalue weighted by Gasteiger charge is -2.07. The topological polar surface area (TPSA) is 34.4 Å². The molecule has 0 spiro atoms. The molecule has 0 amide bonds. The van der Waals surface area contributed by atoms with Crippen LogP contribution in [0.4, 0.5) is 0 Å². The summed E-state index contributed by atoms with van der Waals surface area (Å²) in [5.74, 6) is 2.81. The van der Waals surface area contributed by atoms with Crippen LogP contribution in [0.25, 0.3) is 0 Å². The zero-order chi connectivity index (χ0) is 14.5. The molecule has 0 aliphatic heterocycles. The molecular weight excluding hydrogens is 250 g/mol. The highest BCUT2D eigenvalue weighted by atomic mass is 16.5. The Kier molecular flexibility index (Phi) is 4.85. The number of hydrogen-bond acceptors (Lipinski definition) is 3. The normalized spacial score (nSPS) is 11.1. The maximum absolute atomic E-state index is 5.86. The first-order valence-electron chi connectivity index (χ1n) is 7.06. The van der Waals surface area contributed by atoms with Gasteiger partial charge in [-0.05, 0) is 31.5 Å². The number of hydrogen-bond donors (Lipinski definition) is 1. The summed E-state index contributed by atoms with van der Waals surface area (Å²) >= 11 is 0. The second-order valence-corrected chi connectivity index (χ2v) is 5.38. The monoisotopic (exact) mass is 273 g/mol. The van der Waals surface area contributed by atoms with E-state index in [0.717, 1.165) is 34.9 Å². The predicted octanol–water partition coefficient (Wildman–Crippen LogP) is 3.97. The van der Waals surface area contributed by atoms with Crippen molar-refractivity contribution in [3.63, 3.8) is 0 Å². The average molecular weight is 273 g/mol. The smallest absolute Gasteiger partial charge is 0.122 e. The molecule has 2 rings (SSSR count). The van der Waals surface area contributed by atoms with E-state index in [-0.39, 0.29) is 0 Å². The zero-order valence-corrected chi connectivity index (χ0v) is 12.7. The van der Waals surface area contributed by atoms with Gasteiger partial charge in [0, 0.05) is 11.6 Å². The van der Waals surface area contributed by atoms with Crippen LogP contribution in [0, 0.1) is 13.8 Å². The first-order chi connectivity index (χ1) is 9.56. The maximum Gasteiger partial charge on any atom is 0.122 e. The molecule has 1 aromatic heterocycles. The first kappa shape index (κ1) is 14.7. The second kappa shape index (κ2) is 6.62. The van der Waals surface area contributed by atoms with Gasteiger partial charge in [0.1, 0.15) is 23.9 Å². The van der Waals surface area contributed by atoms with Crippen LogP contribution in [0.5, 0.6) is 5.75 Å². The SMILES string of the molecule is Cc1ccccc1OCc1cc(CNC(C)C)oc1C. The van der Waals surface area contributed by atoms with Crippen LogP contribution < -0.4 is 10.1 Å². The summed E-state index contributed by atoms with van der Waals surface area (Å²) in [4.78, 5) is 0. The van der Waals surface area contributed by atoms with E-state index in [1.54, 1.807) is 0 Å². The van der Waals surface area contributed by atoms with Crippen LogP contribution >= 0.6 is 0 Å². The summed E-state index contributed by atoms with van der Waals surface area (Å²) in [5.41, 5.74) is 2.25. The Balaban J connectivity index is 1.98. The van der Waals surface area contributed by atoms with Crippen LogP contribution in [0.3, 0.4) is 0 Å². The average Bonchev–Trinajstić information content (AvgIpc) is 2.76. The van der Waals surface area contributed by atoms with Crippen molar-refractivity contribution in [2.75, 3.05) is 0 Å². The van der Waals surface area contributed by atoms with E-state index >= 15 is 0 Å². The molecule has 0 aliphatic rings. The lowest BCUT2D eigenvalue weighted by molar-refractivity contribution is 0.301. The third-order valence-corrected chi connectivity index (χ3v) is 3.23. The Labute approximate surface area is 121 Å². The summed E-state index contributed by atoms with van der Waals surface area (Å²) in [6, 6.07) is 10.6. The van der Waals surface area contributed by atoms with E-state index in [9.17, 15) is 0 Å². The number of rotatable bonds is 6. The number of para-hydroxylation sites is 1. The number of aryl methyl sites for hydroxylation is 2. The molecule has 0 radical (unpaired) electrons. The Bertz CT molecular complexity index is 558. The summed E-state index contributed by atoms with van der Waals surface area (Å²) in [6.45, 7) is 9.58. The lowest BCUT2D eigenvalue weighted by atomic mass is 10.2. The number of ether oxygens (including phenoxy) is 1. The van der Waals surface area contributed by atoms with Crippen molar-refractivity contribution in [2.24, 2.45) is 0 Å². The minimum atomic E-state index is 0.451. The van der Waals surface area contributed by atoms with Gasteiger partial charge in [0.25, 0.3) is 0 Å². The van der Waals surface area contributed by atoms with E-state index in [4.69, 9.17) is 9.15 Å². The quantitative estimate of drug-likeness (QED) is 0.864. The highest BCUT2D eigenvalue weighted by molar-refractivity contribution is 5.32. The molecule has 0 saturated carbocycles. The van der Waals surface area contributed by atoms with Gasteiger partial charge in [0.2, 0.25) is 0 Å². The molecule has 0 saturated heterocycles. The van der Waals surface area contributed by atoms with Gasteiger partial charge in [-0.25, -0.2) is 0 Å². The molecule has 108 valence electrons. The summed E-state index contributed by atoms with van der Waals surface area (Å²) in [7, 11) is 0. The van der Waals surface area contributed by atoms with E-state index < -0.39 is 0 Å². The minimum absolute atomic E-state index is 0.451. The van der Waals surface area contributed by atoms with Gasteiger partial charge in [0.05, 0.1) is 6.54 Å². The van der Waals surface area contributed by atoms with Gasteiger partial charge >= 0.3 is 0 Å². The van der Waals surface area contributed by atoms with E-state index in [1.165, 1.54) is 0 Å². The van der Waals surface area contributed by atoms with Crippen molar-refractivity contribution in [1.82, 2.24) is 5.32 Å². The molecule has 0 atom stereocenters. The molecule has 2 aromatic rings. The summed E-state index contributed by atoms with van der Waals surface area (Å²) in [6.07, 6.45) is 0. The molecule has 3 heteroatoms.